The molecule has 1 unspecified atom stereocenters. The Morgan fingerprint density at radius 1 is 1.16 bits per heavy atom. The van der Waals surface area contributed by atoms with Gasteiger partial charge in [0.1, 0.15) is 11.6 Å². The Kier molecular flexibility index (Phi) is 4.17. The second-order valence-corrected chi connectivity index (χ2v) is 4.85. The average Bonchev–Trinajstić information content (AvgIpc) is 2.33. The van der Waals surface area contributed by atoms with Crippen molar-refractivity contribution in [3.63, 3.8) is 0 Å². The van der Waals surface area contributed by atoms with E-state index >= 15 is 0 Å². The maximum atomic E-state index is 13.7. The lowest BCUT2D eigenvalue weighted by molar-refractivity contribution is 0.172. The highest BCUT2D eigenvalue weighted by atomic mass is 35.5. The Morgan fingerprint density at radius 2 is 1.89 bits per heavy atom. The fraction of sp³-hybridized carbons (Fsp3) is 0.200. The van der Waals surface area contributed by atoms with Crippen LogP contribution in [0.4, 0.5) is 8.78 Å². The van der Waals surface area contributed by atoms with E-state index < -0.39 is 17.7 Å². The molecule has 2 aromatic rings. The van der Waals surface area contributed by atoms with Crippen LogP contribution in [0.1, 0.15) is 22.8 Å². The average molecular weight is 283 g/mol. The Hall–Kier alpha value is -1.45. The summed E-state index contributed by atoms with van der Waals surface area (Å²) in [7, 11) is 0. The molecule has 0 saturated carbocycles. The lowest BCUT2D eigenvalue weighted by Crippen LogP contribution is -2.06. The summed E-state index contributed by atoms with van der Waals surface area (Å²) in [5.41, 5.74) is 1.10. The van der Waals surface area contributed by atoms with Gasteiger partial charge in [0.05, 0.1) is 6.10 Å². The summed E-state index contributed by atoms with van der Waals surface area (Å²) >= 11 is 5.88. The van der Waals surface area contributed by atoms with E-state index in [9.17, 15) is 13.9 Å². The highest BCUT2D eigenvalue weighted by Crippen LogP contribution is 2.27. The predicted molar refractivity (Wildman–Crippen MR) is 71.2 cm³/mol. The van der Waals surface area contributed by atoms with Crippen molar-refractivity contribution in [3.8, 4) is 0 Å². The highest BCUT2D eigenvalue weighted by Gasteiger charge is 2.17. The molecule has 4 heteroatoms. The van der Waals surface area contributed by atoms with E-state index in [0.717, 1.165) is 5.56 Å². The third-order valence-corrected chi connectivity index (χ3v) is 3.33. The number of aryl methyl sites for hydroxylation is 1. The van der Waals surface area contributed by atoms with Crippen LogP contribution >= 0.6 is 11.6 Å². The molecule has 0 aliphatic heterocycles. The van der Waals surface area contributed by atoms with Gasteiger partial charge in [0.15, 0.2) is 0 Å². The van der Waals surface area contributed by atoms with Crippen molar-refractivity contribution in [2.75, 3.05) is 0 Å². The maximum absolute atomic E-state index is 13.7. The van der Waals surface area contributed by atoms with Gasteiger partial charge in [-0.15, -0.1) is 0 Å². The SMILES string of the molecule is Cc1ccc(C(O)Cc2c(F)cccc2Cl)c(F)c1. The van der Waals surface area contributed by atoms with Gasteiger partial charge in [0.2, 0.25) is 0 Å². The molecule has 0 radical (unpaired) electrons. The summed E-state index contributed by atoms with van der Waals surface area (Å²) in [6.45, 7) is 1.76. The Morgan fingerprint density at radius 3 is 2.53 bits per heavy atom. The third kappa shape index (κ3) is 3.11. The first-order valence-electron chi connectivity index (χ1n) is 5.86. The van der Waals surface area contributed by atoms with Crippen molar-refractivity contribution >= 4 is 11.6 Å². The lowest BCUT2D eigenvalue weighted by Gasteiger charge is -2.14. The number of rotatable bonds is 3. The molecule has 1 nitrogen and oxygen atoms in total. The van der Waals surface area contributed by atoms with Crippen LogP contribution in [0.5, 0.6) is 0 Å². The van der Waals surface area contributed by atoms with E-state index in [1.807, 2.05) is 0 Å². The summed E-state index contributed by atoms with van der Waals surface area (Å²) in [5, 5.41) is 10.3. The third-order valence-electron chi connectivity index (χ3n) is 2.97. The van der Waals surface area contributed by atoms with Gasteiger partial charge < -0.3 is 5.11 Å². The fourth-order valence-corrected chi connectivity index (χ4v) is 2.17. The number of halogens is 3. The number of benzene rings is 2. The molecular weight excluding hydrogens is 270 g/mol. The first-order valence-corrected chi connectivity index (χ1v) is 6.24. The molecule has 0 bridgehead atoms. The van der Waals surface area contributed by atoms with E-state index in [1.165, 1.54) is 30.3 Å². The molecule has 0 amide bonds. The Bertz CT molecular complexity index is 578. The Labute approximate surface area is 115 Å². The quantitative estimate of drug-likeness (QED) is 0.894. The monoisotopic (exact) mass is 282 g/mol. The van der Waals surface area contributed by atoms with Crippen molar-refractivity contribution < 1.29 is 13.9 Å². The zero-order valence-electron chi connectivity index (χ0n) is 10.3. The lowest BCUT2D eigenvalue weighted by atomic mass is 9.99. The second kappa shape index (κ2) is 5.68. The topological polar surface area (TPSA) is 20.2 Å². The summed E-state index contributed by atoms with van der Waals surface area (Å²) < 4.78 is 27.3. The smallest absolute Gasteiger partial charge is 0.129 e. The van der Waals surface area contributed by atoms with E-state index in [1.54, 1.807) is 13.0 Å². The molecule has 0 aromatic heterocycles. The van der Waals surface area contributed by atoms with Gasteiger partial charge in [-0.2, -0.15) is 0 Å². The van der Waals surface area contributed by atoms with Gasteiger partial charge in [-0.1, -0.05) is 29.8 Å². The molecule has 19 heavy (non-hydrogen) atoms. The molecule has 100 valence electrons. The Balaban J connectivity index is 2.28. The van der Waals surface area contributed by atoms with Crippen molar-refractivity contribution in [2.24, 2.45) is 0 Å². The van der Waals surface area contributed by atoms with E-state index in [2.05, 4.69) is 0 Å². The number of aliphatic hydroxyl groups is 1. The fourth-order valence-electron chi connectivity index (χ4n) is 1.93. The van der Waals surface area contributed by atoms with Gasteiger partial charge >= 0.3 is 0 Å². The zero-order chi connectivity index (χ0) is 14.0. The summed E-state index contributed by atoms with van der Waals surface area (Å²) in [4.78, 5) is 0. The molecule has 0 fully saturated rings. The minimum Gasteiger partial charge on any atom is -0.388 e. The maximum Gasteiger partial charge on any atom is 0.129 e. The summed E-state index contributed by atoms with van der Waals surface area (Å²) in [6.07, 6.45) is -1.19. The van der Waals surface area contributed by atoms with Crippen molar-refractivity contribution in [2.45, 2.75) is 19.4 Å². The first kappa shape index (κ1) is 14.0. The van der Waals surface area contributed by atoms with Crippen LogP contribution in [0.3, 0.4) is 0 Å². The van der Waals surface area contributed by atoms with Crippen LogP contribution < -0.4 is 0 Å². The highest BCUT2D eigenvalue weighted by molar-refractivity contribution is 6.31. The van der Waals surface area contributed by atoms with Gasteiger partial charge in [0, 0.05) is 22.6 Å². The van der Waals surface area contributed by atoms with Crippen LogP contribution in [0.25, 0.3) is 0 Å². The van der Waals surface area contributed by atoms with Crippen molar-refractivity contribution in [3.05, 3.63) is 69.7 Å². The number of aliphatic hydroxyl groups excluding tert-OH is 1. The largest absolute Gasteiger partial charge is 0.388 e. The van der Waals surface area contributed by atoms with Gasteiger partial charge in [-0.3, -0.25) is 0 Å². The normalized spacial score (nSPS) is 12.5. The molecular formula is C15H13ClF2O. The molecule has 0 heterocycles. The van der Waals surface area contributed by atoms with Crippen molar-refractivity contribution in [1.82, 2.24) is 0 Å². The molecule has 0 spiro atoms. The minimum atomic E-state index is -1.13. The van der Waals surface area contributed by atoms with Gasteiger partial charge in [0.25, 0.3) is 0 Å². The zero-order valence-corrected chi connectivity index (χ0v) is 11.1. The molecule has 0 aliphatic rings. The van der Waals surface area contributed by atoms with Crippen LogP contribution in [0, 0.1) is 18.6 Å². The predicted octanol–water partition coefficient (Wildman–Crippen LogP) is 4.20. The van der Waals surface area contributed by atoms with E-state index in [-0.39, 0.29) is 22.6 Å². The van der Waals surface area contributed by atoms with Crippen LogP contribution in [-0.2, 0) is 6.42 Å². The van der Waals surface area contributed by atoms with Gasteiger partial charge in [-0.05, 0) is 30.7 Å². The first-order chi connectivity index (χ1) is 8.99. The molecule has 2 rings (SSSR count). The van der Waals surface area contributed by atoms with Crippen LogP contribution in [0.2, 0.25) is 5.02 Å². The molecule has 1 atom stereocenters. The minimum absolute atomic E-state index is 0.0640. The van der Waals surface area contributed by atoms with Crippen LogP contribution in [0.15, 0.2) is 36.4 Å². The molecule has 0 saturated heterocycles. The molecule has 1 N–H and O–H groups in total. The van der Waals surface area contributed by atoms with Crippen molar-refractivity contribution in [1.29, 1.82) is 0 Å². The van der Waals surface area contributed by atoms with E-state index in [4.69, 9.17) is 11.6 Å². The number of hydrogen-bond acceptors (Lipinski definition) is 1. The summed E-state index contributed by atoms with van der Waals surface area (Å²) in [6, 6.07) is 8.83. The summed E-state index contributed by atoms with van der Waals surface area (Å²) in [5.74, 6) is -1.00. The van der Waals surface area contributed by atoms with E-state index in [0.29, 0.717) is 0 Å². The van der Waals surface area contributed by atoms with Crippen LogP contribution in [-0.4, -0.2) is 5.11 Å². The second-order valence-electron chi connectivity index (χ2n) is 4.45. The molecule has 2 aromatic carbocycles. The molecule has 0 aliphatic carbocycles. The standard InChI is InChI=1S/C15H13ClF2O/c1-9-5-6-10(14(18)7-9)15(19)8-11-12(16)3-2-4-13(11)17/h2-7,15,19H,8H2,1H3. The number of hydrogen-bond donors (Lipinski definition) is 1. The van der Waals surface area contributed by atoms with Gasteiger partial charge in [-0.25, -0.2) is 8.78 Å².